The molecule has 452 valence electrons. The molecule has 0 saturated heterocycles. The number of fused-ring (bicyclic) bond motifs is 1. The minimum absolute atomic E-state index is 0.00250. The lowest BCUT2D eigenvalue weighted by Crippen LogP contribution is -2.51. The van der Waals surface area contributed by atoms with E-state index in [9.17, 15) is 52.7 Å². The van der Waals surface area contributed by atoms with Crippen LogP contribution in [0.1, 0.15) is 119 Å². The first kappa shape index (κ1) is 62.6. The number of benzene rings is 3. The van der Waals surface area contributed by atoms with Crippen molar-refractivity contribution in [1.82, 2.24) is 49.2 Å². The van der Waals surface area contributed by atoms with Gasteiger partial charge in [0.15, 0.2) is 0 Å². The molecule has 1 aliphatic heterocycles. The number of aromatic nitrogens is 4. The molecule has 0 bridgehead atoms. The molecule has 3 aromatic carbocycles. The minimum atomic E-state index is -1.26. The van der Waals surface area contributed by atoms with Crippen LogP contribution in [0, 0.1) is 0 Å². The predicted octanol–water partition coefficient (Wildman–Crippen LogP) is 3.62. The summed E-state index contributed by atoms with van der Waals surface area (Å²) >= 11 is 0. The SMILES string of the molecule is Cn1c(C(=O)NCCCN(C(=O)c2cccc(=O)n2C)C(CCCN(CCCNC(=O)c2cccc(=O)n2OCc2ccccc2)C(=O)c2cccc(=O)n2OCc2ccccc2)C(=O)NCCCCCN2C(=O)c3ccccc3C2=O)cccc1=O. The van der Waals surface area contributed by atoms with Crippen LogP contribution in [0.3, 0.4) is 0 Å². The molecular weight excluding hydrogens is 1120 g/mol. The Hall–Kier alpha value is -10.5. The summed E-state index contributed by atoms with van der Waals surface area (Å²) in [7, 11) is 2.88. The van der Waals surface area contributed by atoms with Gasteiger partial charge >= 0.3 is 0 Å². The Morgan fingerprint density at radius 2 is 0.897 bits per heavy atom. The number of rotatable bonds is 30. The van der Waals surface area contributed by atoms with E-state index in [0.717, 1.165) is 25.2 Å². The Balaban J connectivity index is 1.03. The summed E-state index contributed by atoms with van der Waals surface area (Å²) in [6, 6.07) is 40.1. The number of pyridine rings is 4. The summed E-state index contributed by atoms with van der Waals surface area (Å²) in [5, 5.41) is 8.55. The van der Waals surface area contributed by atoms with Gasteiger partial charge < -0.3 is 44.6 Å². The number of amides is 7. The molecule has 23 heteroatoms. The van der Waals surface area contributed by atoms with E-state index in [2.05, 4.69) is 16.0 Å². The fraction of sp³-hybridized carbons (Fsp3) is 0.297. The van der Waals surface area contributed by atoms with E-state index in [4.69, 9.17) is 9.68 Å². The molecule has 0 aliphatic carbocycles. The summed E-state index contributed by atoms with van der Waals surface area (Å²) in [5.41, 5.74) is -0.0435. The number of hydrogen-bond acceptors (Lipinski definition) is 13. The molecule has 7 amide bonds. The highest BCUT2D eigenvalue weighted by Crippen LogP contribution is 2.23. The van der Waals surface area contributed by atoms with E-state index in [-0.39, 0.29) is 119 Å². The largest absolute Gasteiger partial charge is 0.405 e. The van der Waals surface area contributed by atoms with Crippen LogP contribution < -0.4 is 47.9 Å². The van der Waals surface area contributed by atoms with Crippen molar-refractivity contribution in [2.24, 2.45) is 14.1 Å². The van der Waals surface area contributed by atoms with Crippen molar-refractivity contribution in [3.05, 3.63) is 244 Å². The third-order valence-electron chi connectivity index (χ3n) is 14.6. The maximum absolute atomic E-state index is 14.9. The molecule has 1 atom stereocenters. The average molecular weight is 1190 g/mol. The molecule has 1 unspecified atom stereocenters. The highest BCUT2D eigenvalue weighted by atomic mass is 16.7. The number of nitrogens with one attached hydrogen (secondary N) is 3. The Bertz CT molecular complexity index is 3830. The van der Waals surface area contributed by atoms with E-state index >= 15 is 0 Å². The van der Waals surface area contributed by atoms with Crippen molar-refractivity contribution in [3.63, 3.8) is 0 Å². The first-order valence-corrected chi connectivity index (χ1v) is 28.6. The number of carbonyl (C=O) groups excluding carboxylic acids is 7. The number of carbonyl (C=O) groups is 7. The highest BCUT2D eigenvalue weighted by molar-refractivity contribution is 6.21. The Morgan fingerprint density at radius 1 is 0.437 bits per heavy atom. The van der Waals surface area contributed by atoms with Crippen LogP contribution in [-0.2, 0) is 32.1 Å². The van der Waals surface area contributed by atoms with Gasteiger partial charge in [-0.1, -0.05) is 97.1 Å². The second-order valence-electron chi connectivity index (χ2n) is 20.5. The molecule has 0 saturated carbocycles. The molecule has 8 rings (SSSR count). The molecule has 0 radical (unpaired) electrons. The van der Waals surface area contributed by atoms with Gasteiger partial charge in [0, 0.05) is 84.2 Å². The van der Waals surface area contributed by atoms with Crippen molar-refractivity contribution in [2.45, 2.75) is 64.2 Å². The Morgan fingerprint density at radius 3 is 1.48 bits per heavy atom. The third-order valence-corrected chi connectivity index (χ3v) is 14.6. The molecule has 23 nitrogen and oxygen atoms in total. The van der Waals surface area contributed by atoms with E-state index in [0.29, 0.717) is 30.4 Å². The lowest BCUT2D eigenvalue weighted by molar-refractivity contribution is -0.126. The second-order valence-corrected chi connectivity index (χ2v) is 20.5. The number of imide groups is 1. The summed E-state index contributed by atoms with van der Waals surface area (Å²) in [6.07, 6.45) is 1.60. The molecule has 4 aromatic heterocycles. The zero-order chi connectivity index (χ0) is 61.8. The van der Waals surface area contributed by atoms with Gasteiger partial charge in [-0.3, -0.25) is 57.6 Å². The van der Waals surface area contributed by atoms with E-state index in [1.807, 2.05) is 36.4 Å². The Kier molecular flexibility index (Phi) is 21.9. The molecule has 7 aromatic rings. The van der Waals surface area contributed by atoms with Gasteiger partial charge in [0.25, 0.3) is 57.7 Å². The fourth-order valence-electron chi connectivity index (χ4n) is 9.92. The van der Waals surface area contributed by atoms with Crippen LogP contribution >= 0.6 is 0 Å². The van der Waals surface area contributed by atoms with Gasteiger partial charge in [-0.2, -0.15) is 0 Å². The quantitative estimate of drug-likeness (QED) is 0.0430. The van der Waals surface area contributed by atoms with Crippen molar-refractivity contribution in [3.8, 4) is 0 Å². The van der Waals surface area contributed by atoms with Crippen LogP contribution in [0.25, 0.3) is 0 Å². The molecule has 1 aliphatic rings. The van der Waals surface area contributed by atoms with E-state index in [1.54, 1.807) is 48.5 Å². The van der Waals surface area contributed by atoms with Crippen molar-refractivity contribution in [2.75, 3.05) is 45.8 Å². The maximum Gasteiger partial charge on any atom is 0.283 e. The van der Waals surface area contributed by atoms with Crippen molar-refractivity contribution in [1.29, 1.82) is 0 Å². The van der Waals surface area contributed by atoms with Gasteiger partial charge in [-0.25, -0.2) is 0 Å². The average Bonchev–Trinajstić information content (AvgIpc) is 2.12. The number of nitrogens with zero attached hydrogens (tertiary/aromatic N) is 7. The van der Waals surface area contributed by atoms with Crippen LogP contribution in [0.5, 0.6) is 0 Å². The summed E-state index contributed by atoms with van der Waals surface area (Å²) in [5.74, 6) is -3.84. The zero-order valence-corrected chi connectivity index (χ0v) is 48.3. The fourth-order valence-corrected chi connectivity index (χ4v) is 9.92. The molecular formula is C64H68N10O13. The number of unbranched alkanes of at least 4 members (excludes halogenated alkanes) is 2. The lowest BCUT2D eigenvalue weighted by Gasteiger charge is -2.32. The Labute approximate surface area is 500 Å². The summed E-state index contributed by atoms with van der Waals surface area (Å²) in [6.45, 7) is -0.00272. The first-order chi connectivity index (χ1) is 42.1. The van der Waals surface area contributed by atoms with E-state index < -0.39 is 57.8 Å². The van der Waals surface area contributed by atoms with Gasteiger partial charge in [-0.15, -0.1) is 9.46 Å². The van der Waals surface area contributed by atoms with Crippen LogP contribution in [0.2, 0.25) is 0 Å². The topological polar surface area (TPSA) is 272 Å². The highest BCUT2D eigenvalue weighted by Gasteiger charge is 2.35. The van der Waals surface area contributed by atoms with Gasteiger partial charge in [0.2, 0.25) is 5.91 Å². The molecule has 5 heterocycles. The van der Waals surface area contributed by atoms with Crippen LogP contribution in [0.15, 0.2) is 177 Å². The zero-order valence-electron chi connectivity index (χ0n) is 48.3. The van der Waals surface area contributed by atoms with Crippen LogP contribution in [-0.4, -0.2) is 127 Å². The summed E-state index contributed by atoms with van der Waals surface area (Å²) in [4.78, 5) is 165. The molecule has 3 N–H and O–H groups in total. The van der Waals surface area contributed by atoms with Gasteiger partial charge in [-0.05, 0) is 92.5 Å². The predicted molar refractivity (Wildman–Crippen MR) is 321 cm³/mol. The lowest BCUT2D eigenvalue weighted by atomic mass is 10.1. The smallest absolute Gasteiger partial charge is 0.283 e. The maximum atomic E-state index is 14.9. The second kappa shape index (κ2) is 30.4. The minimum Gasteiger partial charge on any atom is -0.405 e. The van der Waals surface area contributed by atoms with Gasteiger partial charge in [0.05, 0.1) is 11.1 Å². The van der Waals surface area contributed by atoms with Crippen LogP contribution in [0.4, 0.5) is 0 Å². The normalized spacial score (nSPS) is 12.0. The van der Waals surface area contributed by atoms with E-state index in [1.165, 1.54) is 106 Å². The van der Waals surface area contributed by atoms with Gasteiger partial charge in [0.1, 0.15) is 42.0 Å². The van der Waals surface area contributed by atoms with Crippen molar-refractivity contribution < 1.29 is 43.2 Å². The third kappa shape index (κ3) is 16.1. The monoisotopic (exact) mass is 1180 g/mol. The number of hydrogen-bond donors (Lipinski definition) is 3. The first-order valence-electron chi connectivity index (χ1n) is 28.6. The summed E-state index contributed by atoms with van der Waals surface area (Å²) < 4.78 is 4.17. The standard InChI is InChI=1S/C64H68N10O13/c1-68-49(27-14-32-54(68)75)58(79)66-38-20-42-71(64(85)52-29-16-33-55(76)69(52)2)50(59(80)65-36-12-5-13-41-72-61(82)47-25-10-11-26-48(47)62(72)83)31-18-39-70(63(84)53-30-17-35-57(78)74(53)87-44-46-23-8-4-9-24-46)40-19-37-67-60(81)51-28-15-34-56(77)73(51)86-43-45-21-6-3-7-22-45/h3-4,6-11,14-17,21-30,32-35,50H,5,12-13,18-20,31,36-44H2,1-2H3,(H,65,80)(H,66,79)(H,67,81). The molecule has 0 spiro atoms. The molecule has 87 heavy (non-hydrogen) atoms. The van der Waals surface area contributed by atoms with Crippen molar-refractivity contribution >= 4 is 41.4 Å². The molecule has 0 fully saturated rings.